The van der Waals surface area contributed by atoms with Gasteiger partial charge in [0.15, 0.2) is 0 Å². The van der Waals surface area contributed by atoms with E-state index in [1.165, 1.54) is 0 Å². The normalized spacial score (nSPS) is 12.0. The molecule has 0 radical (unpaired) electrons. The molecule has 0 saturated heterocycles. The maximum absolute atomic E-state index is 12.4. The second kappa shape index (κ2) is 8.67. The van der Waals surface area contributed by atoms with Crippen LogP contribution in [0, 0.1) is 13.8 Å². The predicted molar refractivity (Wildman–Crippen MR) is 99.7 cm³/mol. The van der Waals surface area contributed by atoms with Gasteiger partial charge >= 0.3 is 6.03 Å². The van der Waals surface area contributed by atoms with E-state index in [-0.39, 0.29) is 6.03 Å². The van der Waals surface area contributed by atoms with Crippen molar-refractivity contribution in [3.8, 4) is 0 Å². The van der Waals surface area contributed by atoms with E-state index in [0.717, 1.165) is 35.6 Å². The average Bonchev–Trinajstić information content (AvgIpc) is 2.88. The Kier molecular flexibility index (Phi) is 6.58. The molecule has 1 heterocycles. The van der Waals surface area contributed by atoms with Crippen molar-refractivity contribution in [1.29, 1.82) is 0 Å². The van der Waals surface area contributed by atoms with E-state index in [9.17, 15) is 9.90 Å². The summed E-state index contributed by atoms with van der Waals surface area (Å²) in [5.74, 6) is 0. The summed E-state index contributed by atoms with van der Waals surface area (Å²) in [6, 6.07) is 9.30. The summed E-state index contributed by atoms with van der Waals surface area (Å²) in [4.78, 5) is 14.0. The lowest BCUT2D eigenvalue weighted by molar-refractivity contribution is 0.152. The second-order valence-electron chi connectivity index (χ2n) is 6.34. The van der Waals surface area contributed by atoms with Crippen molar-refractivity contribution in [2.24, 2.45) is 0 Å². The Morgan fingerprint density at radius 2 is 2.00 bits per heavy atom. The Bertz CT molecular complexity index is 697. The number of anilines is 1. The lowest BCUT2D eigenvalue weighted by atomic mass is 10.1. The predicted octanol–water partition coefficient (Wildman–Crippen LogP) is 3.50. The molecule has 6 nitrogen and oxygen atoms in total. The van der Waals surface area contributed by atoms with Crippen LogP contribution in [0.5, 0.6) is 0 Å². The number of benzene rings is 1. The van der Waals surface area contributed by atoms with Gasteiger partial charge in [-0.25, -0.2) is 4.79 Å². The lowest BCUT2D eigenvalue weighted by Crippen LogP contribution is -2.33. The number of carbonyl (C=O) groups excluding carboxylic acids is 1. The molecule has 0 fully saturated rings. The van der Waals surface area contributed by atoms with E-state index >= 15 is 0 Å². The largest absolute Gasteiger partial charge is 0.388 e. The first-order valence-electron chi connectivity index (χ1n) is 8.73. The molecule has 0 aliphatic rings. The van der Waals surface area contributed by atoms with Crippen LogP contribution in [0.2, 0.25) is 0 Å². The number of amides is 2. The van der Waals surface area contributed by atoms with E-state index in [0.29, 0.717) is 13.0 Å². The third-order valence-electron chi connectivity index (χ3n) is 4.32. The van der Waals surface area contributed by atoms with Crippen molar-refractivity contribution >= 4 is 11.7 Å². The summed E-state index contributed by atoms with van der Waals surface area (Å²) in [5.41, 5.74) is 3.42. The van der Waals surface area contributed by atoms with Crippen LogP contribution in [-0.4, -0.2) is 39.4 Å². The van der Waals surface area contributed by atoms with Crippen molar-refractivity contribution in [2.75, 3.05) is 18.9 Å². The summed E-state index contributed by atoms with van der Waals surface area (Å²) in [5, 5.41) is 17.6. The maximum Gasteiger partial charge on any atom is 0.321 e. The minimum Gasteiger partial charge on any atom is -0.388 e. The standard InChI is InChI=1S/C19H28N4O2/c1-5-12-23-15(3)18(14(2)21-23)20-19(25)22(4)13-11-17(24)16-9-7-6-8-10-16/h6-10,17,24H,5,11-13H2,1-4H3,(H,20,25). The number of nitrogens with one attached hydrogen (secondary N) is 1. The number of carbonyl (C=O) groups is 1. The molecule has 6 heteroatoms. The molecule has 2 aromatic rings. The molecule has 0 bridgehead atoms. The van der Waals surface area contributed by atoms with Gasteiger partial charge in [0.25, 0.3) is 0 Å². The molecule has 1 unspecified atom stereocenters. The summed E-state index contributed by atoms with van der Waals surface area (Å²) in [6.07, 6.45) is 0.903. The quantitative estimate of drug-likeness (QED) is 0.807. The molecule has 1 aromatic heterocycles. The Labute approximate surface area is 149 Å². The molecule has 1 atom stereocenters. The molecule has 25 heavy (non-hydrogen) atoms. The molecule has 0 aliphatic heterocycles. The first-order chi connectivity index (χ1) is 11.9. The molecule has 1 aromatic carbocycles. The van der Waals surface area contributed by atoms with E-state index in [1.54, 1.807) is 11.9 Å². The highest BCUT2D eigenvalue weighted by Crippen LogP contribution is 2.21. The lowest BCUT2D eigenvalue weighted by Gasteiger charge is -2.20. The SMILES string of the molecule is CCCn1nc(C)c(NC(=O)N(C)CCC(O)c2ccccc2)c1C. The molecule has 2 rings (SSSR count). The fourth-order valence-corrected chi connectivity index (χ4v) is 2.77. The van der Waals surface area contributed by atoms with Crippen molar-refractivity contribution < 1.29 is 9.90 Å². The monoisotopic (exact) mass is 344 g/mol. The first-order valence-corrected chi connectivity index (χ1v) is 8.73. The minimum absolute atomic E-state index is 0.192. The number of aromatic nitrogens is 2. The van der Waals surface area contributed by atoms with Gasteiger partial charge in [0.1, 0.15) is 0 Å². The highest BCUT2D eigenvalue weighted by atomic mass is 16.3. The van der Waals surface area contributed by atoms with Crippen LogP contribution in [0.3, 0.4) is 0 Å². The molecule has 0 aliphatic carbocycles. The summed E-state index contributed by atoms with van der Waals surface area (Å²) in [6.45, 7) is 7.25. The maximum atomic E-state index is 12.4. The number of hydrogen-bond acceptors (Lipinski definition) is 3. The van der Waals surface area contributed by atoms with Crippen molar-refractivity contribution in [3.05, 3.63) is 47.3 Å². The topological polar surface area (TPSA) is 70.4 Å². The Hall–Kier alpha value is -2.34. The second-order valence-corrected chi connectivity index (χ2v) is 6.34. The van der Waals surface area contributed by atoms with Crippen LogP contribution in [0.1, 0.15) is 42.8 Å². The summed E-state index contributed by atoms with van der Waals surface area (Å²) >= 11 is 0. The Morgan fingerprint density at radius 3 is 2.64 bits per heavy atom. The van der Waals surface area contributed by atoms with Gasteiger partial charge < -0.3 is 15.3 Å². The third-order valence-corrected chi connectivity index (χ3v) is 4.32. The van der Waals surface area contributed by atoms with E-state index < -0.39 is 6.10 Å². The molecule has 2 amide bonds. The van der Waals surface area contributed by atoms with Crippen molar-refractivity contribution in [2.45, 2.75) is 46.3 Å². The third kappa shape index (κ3) is 4.82. The fourth-order valence-electron chi connectivity index (χ4n) is 2.77. The molecule has 2 N–H and O–H groups in total. The van der Waals surface area contributed by atoms with Gasteiger partial charge in [0, 0.05) is 20.1 Å². The first kappa shape index (κ1) is 19.0. The Morgan fingerprint density at radius 1 is 1.32 bits per heavy atom. The van der Waals surface area contributed by atoms with Crippen LogP contribution < -0.4 is 5.32 Å². The van der Waals surface area contributed by atoms with Crippen molar-refractivity contribution in [3.63, 3.8) is 0 Å². The molecular weight excluding hydrogens is 316 g/mol. The Balaban J connectivity index is 1.92. The number of nitrogens with zero attached hydrogens (tertiary/aromatic N) is 3. The zero-order chi connectivity index (χ0) is 18.4. The number of rotatable bonds is 7. The van der Waals surface area contributed by atoms with E-state index in [2.05, 4.69) is 17.3 Å². The number of urea groups is 1. The van der Waals surface area contributed by atoms with Crippen LogP contribution >= 0.6 is 0 Å². The van der Waals surface area contributed by atoms with Gasteiger partial charge in [0.05, 0.1) is 23.2 Å². The van der Waals surface area contributed by atoms with Gasteiger partial charge in [-0.1, -0.05) is 37.3 Å². The highest BCUT2D eigenvalue weighted by molar-refractivity contribution is 5.90. The zero-order valence-corrected chi connectivity index (χ0v) is 15.5. The van der Waals surface area contributed by atoms with Gasteiger partial charge in [-0.2, -0.15) is 5.10 Å². The average molecular weight is 344 g/mol. The van der Waals surface area contributed by atoms with Crippen molar-refractivity contribution in [1.82, 2.24) is 14.7 Å². The molecule has 0 saturated carbocycles. The highest BCUT2D eigenvalue weighted by Gasteiger charge is 2.17. The number of hydrogen-bond donors (Lipinski definition) is 2. The zero-order valence-electron chi connectivity index (χ0n) is 15.5. The minimum atomic E-state index is -0.577. The van der Waals surface area contributed by atoms with Gasteiger partial charge in [-0.3, -0.25) is 4.68 Å². The van der Waals surface area contributed by atoms with Crippen LogP contribution in [0.25, 0.3) is 0 Å². The smallest absolute Gasteiger partial charge is 0.321 e. The van der Waals surface area contributed by atoms with E-state index in [4.69, 9.17) is 0 Å². The number of aliphatic hydroxyl groups excluding tert-OH is 1. The number of aliphatic hydroxyl groups is 1. The summed E-state index contributed by atoms with van der Waals surface area (Å²) in [7, 11) is 1.73. The fraction of sp³-hybridized carbons (Fsp3) is 0.474. The van der Waals surface area contributed by atoms with Crippen LogP contribution in [-0.2, 0) is 6.54 Å². The number of aryl methyl sites for hydroxylation is 2. The van der Waals surface area contributed by atoms with Gasteiger partial charge in [0.2, 0.25) is 0 Å². The molecule has 0 spiro atoms. The van der Waals surface area contributed by atoms with E-state index in [1.807, 2.05) is 48.9 Å². The molecular formula is C19H28N4O2. The van der Waals surface area contributed by atoms with Crippen LogP contribution in [0.4, 0.5) is 10.5 Å². The van der Waals surface area contributed by atoms with Crippen LogP contribution in [0.15, 0.2) is 30.3 Å². The van der Waals surface area contributed by atoms with Gasteiger partial charge in [-0.15, -0.1) is 0 Å². The molecule has 136 valence electrons. The summed E-state index contributed by atoms with van der Waals surface area (Å²) < 4.78 is 1.92. The van der Waals surface area contributed by atoms with Gasteiger partial charge in [-0.05, 0) is 32.3 Å².